The summed E-state index contributed by atoms with van der Waals surface area (Å²) in [5.41, 5.74) is 4.01. The first-order valence-corrected chi connectivity index (χ1v) is 4.45. The molecule has 0 aliphatic rings. The van der Waals surface area contributed by atoms with Gasteiger partial charge in [-0.1, -0.05) is 11.6 Å². The Morgan fingerprint density at radius 2 is 2.07 bits per heavy atom. The number of nitriles is 2. The van der Waals surface area contributed by atoms with E-state index < -0.39 is 0 Å². The molecule has 5 heteroatoms. The number of hydrogen-bond donors (Lipinski definition) is 1. The standard InChI is InChI=1S/C10H7ClN4/c1-7-4-8(11)2-3-10(7)15-14-9(5-12)6-13/h2-4,15H,1H3. The topological polar surface area (TPSA) is 72.0 Å². The van der Waals surface area contributed by atoms with E-state index in [1.807, 2.05) is 6.92 Å². The van der Waals surface area contributed by atoms with Crippen molar-refractivity contribution in [2.75, 3.05) is 5.43 Å². The molecule has 0 saturated carbocycles. The highest BCUT2D eigenvalue weighted by Crippen LogP contribution is 2.19. The summed E-state index contributed by atoms with van der Waals surface area (Å²) in [5.74, 6) is 0. The fraction of sp³-hybridized carbons (Fsp3) is 0.100. The number of halogens is 1. The first-order chi connectivity index (χ1) is 7.17. The van der Waals surface area contributed by atoms with Gasteiger partial charge in [-0.25, -0.2) is 0 Å². The lowest BCUT2D eigenvalue weighted by Gasteiger charge is -2.04. The summed E-state index contributed by atoms with van der Waals surface area (Å²) in [6, 6.07) is 8.50. The minimum Gasteiger partial charge on any atom is -0.276 e. The molecule has 0 unspecified atom stereocenters. The van der Waals surface area contributed by atoms with E-state index in [0.29, 0.717) is 10.7 Å². The number of hydrogen-bond acceptors (Lipinski definition) is 4. The van der Waals surface area contributed by atoms with Gasteiger partial charge in [0.05, 0.1) is 5.69 Å². The Morgan fingerprint density at radius 3 is 2.60 bits per heavy atom. The van der Waals surface area contributed by atoms with Crippen LogP contribution in [0.4, 0.5) is 5.69 Å². The molecule has 15 heavy (non-hydrogen) atoms. The molecule has 0 radical (unpaired) electrons. The van der Waals surface area contributed by atoms with Crippen molar-refractivity contribution < 1.29 is 0 Å². The van der Waals surface area contributed by atoms with E-state index in [4.69, 9.17) is 22.1 Å². The average Bonchev–Trinajstić information content (AvgIpc) is 2.22. The van der Waals surface area contributed by atoms with Crippen molar-refractivity contribution in [3.8, 4) is 12.1 Å². The van der Waals surface area contributed by atoms with E-state index in [-0.39, 0.29) is 5.71 Å². The molecule has 74 valence electrons. The Morgan fingerprint density at radius 1 is 1.40 bits per heavy atom. The summed E-state index contributed by atoms with van der Waals surface area (Å²) in [6.07, 6.45) is 0. The molecule has 1 rings (SSSR count). The molecular formula is C10H7ClN4. The molecular weight excluding hydrogens is 212 g/mol. The summed E-state index contributed by atoms with van der Waals surface area (Å²) in [4.78, 5) is 0. The quantitative estimate of drug-likeness (QED) is 0.612. The molecule has 0 aliphatic carbocycles. The van der Waals surface area contributed by atoms with Gasteiger partial charge < -0.3 is 0 Å². The van der Waals surface area contributed by atoms with E-state index in [1.54, 1.807) is 30.3 Å². The predicted octanol–water partition coefficient (Wildman–Crippen LogP) is 2.46. The molecule has 0 saturated heterocycles. The van der Waals surface area contributed by atoms with Gasteiger partial charge in [0, 0.05) is 5.02 Å². The predicted molar refractivity (Wildman–Crippen MR) is 58.5 cm³/mol. The molecule has 0 bridgehead atoms. The Labute approximate surface area is 92.4 Å². The Hall–Kier alpha value is -2.04. The zero-order valence-corrected chi connectivity index (χ0v) is 8.71. The third-order valence-corrected chi connectivity index (χ3v) is 1.92. The Kier molecular flexibility index (Phi) is 3.68. The first-order valence-electron chi connectivity index (χ1n) is 4.07. The summed E-state index contributed by atoms with van der Waals surface area (Å²) < 4.78 is 0. The van der Waals surface area contributed by atoms with Crippen LogP contribution >= 0.6 is 11.6 Å². The molecule has 0 heterocycles. The highest BCUT2D eigenvalue weighted by Gasteiger charge is 1.98. The van der Waals surface area contributed by atoms with Crippen LogP contribution in [-0.2, 0) is 0 Å². The van der Waals surface area contributed by atoms with Crippen LogP contribution in [0.2, 0.25) is 5.02 Å². The third kappa shape index (κ3) is 2.98. The van der Waals surface area contributed by atoms with Crippen molar-refractivity contribution in [1.29, 1.82) is 10.5 Å². The number of aryl methyl sites for hydroxylation is 1. The maximum atomic E-state index is 8.45. The monoisotopic (exact) mass is 218 g/mol. The summed E-state index contributed by atoms with van der Waals surface area (Å²) in [6.45, 7) is 1.85. The van der Waals surface area contributed by atoms with Gasteiger partial charge >= 0.3 is 0 Å². The van der Waals surface area contributed by atoms with Crippen molar-refractivity contribution in [2.24, 2.45) is 5.10 Å². The van der Waals surface area contributed by atoms with Crippen LogP contribution in [0.15, 0.2) is 23.3 Å². The van der Waals surface area contributed by atoms with Crippen LogP contribution in [0.3, 0.4) is 0 Å². The van der Waals surface area contributed by atoms with Gasteiger partial charge in [0.1, 0.15) is 12.1 Å². The van der Waals surface area contributed by atoms with Gasteiger partial charge in [-0.2, -0.15) is 15.6 Å². The summed E-state index contributed by atoms with van der Waals surface area (Å²) >= 11 is 5.77. The van der Waals surface area contributed by atoms with Crippen molar-refractivity contribution >= 4 is 23.0 Å². The second kappa shape index (κ2) is 4.99. The van der Waals surface area contributed by atoms with E-state index >= 15 is 0 Å². The van der Waals surface area contributed by atoms with Crippen molar-refractivity contribution in [3.05, 3.63) is 28.8 Å². The Bertz CT molecular complexity index is 463. The molecule has 1 aromatic rings. The number of hydrazone groups is 1. The molecule has 4 nitrogen and oxygen atoms in total. The normalized spacial score (nSPS) is 8.53. The minimum atomic E-state index is -0.218. The number of benzene rings is 1. The first kappa shape index (κ1) is 11.0. The van der Waals surface area contributed by atoms with Crippen molar-refractivity contribution in [3.63, 3.8) is 0 Å². The zero-order valence-electron chi connectivity index (χ0n) is 7.95. The van der Waals surface area contributed by atoms with Gasteiger partial charge in [0.2, 0.25) is 5.71 Å². The molecule has 0 fully saturated rings. The van der Waals surface area contributed by atoms with Crippen LogP contribution in [0.25, 0.3) is 0 Å². The lowest BCUT2D eigenvalue weighted by molar-refractivity contribution is 1.30. The van der Waals surface area contributed by atoms with Gasteiger partial charge in [-0.3, -0.25) is 5.43 Å². The maximum Gasteiger partial charge on any atom is 0.237 e. The Balaban J connectivity index is 2.89. The largest absolute Gasteiger partial charge is 0.276 e. The summed E-state index contributed by atoms with van der Waals surface area (Å²) in [7, 11) is 0. The second-order valence-electron chi connectivity index (χ2n) is 2.76. The van der Waals surface area contributed by atoms with Gasteiger partial charge in [-0.15, -0.1) is 0 Å². The lowest BCUT2D eigenvalue weighted by Crippen LogP contribution is -1.97. The fourth-order valence-electron chi connectivity index (χ4n) is 0.944. The van der Waals surface area contributed by atoms with Crippen LogP contribution in [0.5, 0.6) is 0 Å². The fourth-order valence-corrected chi connectivity index (χ4v) is 1.17. The van der Waals surface area contributed by atoms with Crippen molar-refractivity contribution in [1.82, 2.24) is 0 Å². The molecule has 0 atom stereocenters. The summed E-state index contributed by atoms with van der Waals surface area (Å²) in [5, 5.41) is 21.2. The van der Waals surface area contributed by atoms with Crippen molar-refractivity contribution in [2.45, 2.75) is 6.92 Å². The van der Waals surface area contributed by atoms with Gasteiger partial charge in [-0.05, 0) is 30.7 Å². The molecule has 0 aromatic heterocycles. The molecule has 0 spiro atoms. The van der Waals surface area contributed by atoms with E-state index in [1.165, 1.54) is 0 Å². The van der Waals surface area contributed by atoms with E-state index in [2.05, 4.69) is 10.5 Å². The number of anilines is 1. The number of nitrogens with zero attached hydrogens (tertiary/aromatic N) is 3. The maximum absolute atomic E-state index is 8.45. The lowest BCUT2D eigenvalue weighted by atomic mass is 10.2. The highest BCUT2D eigenvalue weighted by molar-refractivity contribution is 6.30. The van der Waals surface area contributed by atoms with Crippen LogP contribution in [0.1, 0.15) is 5.56 Å². The number of rotatable bonds is 2. The third-order valence-electron chi connectivity index (χ3n) is 1.69. The van der Waals surface area contributed by atoms with Gasteiger partial charge in [0.15, 0.2) is 0 Å². The van der Waals surface area contributed by atoms with Crippen LogP contribution in [0, 0.1) is 29.6 Å². The van der Waals surface area contributed by atoms with Gasteiger partial charge in [0.25, 0.3) is 0 Å². The van der Waals surface area contributed by atoms with Crippen LogP contribution < -0.4 is 5.43 Å². The smallest absolute Gasteiger partial charge is 0.237 e. The van der Waals surface area contributed by atoms with Crippen LogP contribution in [-0.4, -0.2) is 5.71 Å². The molecule has 0 aliphatic heterocycles. The SMILES string of the molecule is Cc1cc(Cl)ccc1NN=C(C#N)C#N. The highest BCUT2D eigenvalue weighted by atomic mass is 35.5. The molecule has 1 N–H and O–H groups in total. The molecule has 0 amide bonds. The zero-order chi connectivity index (χ0) is 11.3. The average molecular weight is 219 g/mol. The minimum absolute atomic E-state index is 0.218. The van der Waals surface area contributed by atoms with E-state index in [9.17, 15) is 0 Å². The second-order valence-corrected chi connectivity index (χ2v) is 3.19. The van der Waals surface area contributed by atoms with E-state index in [0.717, 1.165) is 5.56 Å². The molecule has 1 aromatic carbocycles. The number of nitrogens with one attached hydrogen (secondary N) is 1.